The summed E-state index contributed by atoms with van der Waals surface area (Å²) in [6, 6.07) is 4.61. The van der Waals surface area contributed by atoms with Crippen molar-refractivity contribution in [1.82, 2.24) is 10.4 Å². The van der Waals surface area contributed by atoms with Gasteiger partial charge in [-0.2, -0.15) is 8.78 Å². The first-order chi connectivity index (χ1) is 9.86. The summed E-state index contributed by atoms with van der Waals surface area (Å²) in [4.78, 5) is 24.8. The second-order valence-electron chi connectivity index (χ2n) is 3.83. The molecule has 1 aromatic carbocycles. The van der Waals surface area contributed by atoms with Crippen LogP contribution in [0.5, 0.6) is 5.75 Å². The minimum Gasteiger partial charge on any atom is -0.424 e. The van der Waals surface area contributed by atoms with E-state index in [1.807, 2.05) is 0 Å². The van der Waals surface area contributed by atoms with Gasteiger partial charge in [0.25, 0.3) is 5.69 Å². The molecule has 110 valence electrons. The highest BCUT2D eigenvalue weighted by atomic mass is 19.3. The van der Waals surface area contributed by atoms with Gasteiger partial charge in [0, 0.05) is 17.6 Å². The van der Waals surface area contributed by atoms with Crippen molar-refractivity contribution in [2.45, 2.75) is 6.11 Å². The van der Waals surface area contributed by atoms with Crippen molar-refractivity contribution < 1.29 is 23.2 Å². The third-order valence-corrected chi connectivity index (χ3v) is 2.54. The number of nitrogens with two attached hydrogens (primary N) is 1. The molecule has 0 spiro atoms. The van der Waals surface area contributed by atoms with Crippen LogP contribution in [-0.2, 0) is 4.79 Å². The molecule has 0 bridgehead atoms. The molecular formula is C11H8F2N4O4. The first-order valence-electron chi connectivity index (χ1n) is 5.47. The number of nitrogens with one attached hydrogen (secondary N) is 1. The number of nitro benzene ring substituents is 1. The van der Waals surface area contributed by atoms with Gasteiger partial charge in [-0.05, 0) is 18.2 Å². The predicted molar refractivity (Wildman–Crippen MR) is 66.3 cm³/mol. The third-order valence-electron chi connectivity index (χ3n) is 2.54. The van der Waals surface area contributed by atoms with Crippen LogP contribution in [0, 0.1) is 10.1 Å². The minimum atomic E-state index is -4.23. The van der Waals surface area contributed by atoms with Gasteiger partial charge in [-0.3, -0.25) is 20.3 Å². The predicted octanol–water partition coefficient (Wildman–Crippen LogP) is 1.10. The Balaban J connectivity index is 2.54. The number of hydrogen-bond acceptors (Lipinski definition) is 6. The number of non-ortho nitro benzene ring substituents is 1. The largest absolute Gasteiger partial charge is 0.483 e. The van der Waals surface area contributed by atoms with Gasteiger partial charge in [-0.25, -0.2) is 10.8 Å². The fraction of sp³-hybridized carbons (Fsp3) is 0.0909. The van der Waals surface area contributed by atoms with E-state index in [0.717, 1.165) is 12.1 Å². The van der Waals surface area contributed by atoms with E-state index < -0.39 is 22.7 Å². The van der Waals surface area contributed by atoms with Crippen molar-refractivity contribution in [3.63, 3.8) is 0 Å². The molecule has 0 aliphatic carbocycles. The summed E-state index contributed by atoms with van der Waals surface area (Å²) in [5.74, 6) is 2.34. The lowest BCUT2D eigenvalue weighted by atomic mass is 10.1. The first-order valence-corrected chi connectivity index (χ1v) is 5.47. The number of amides is 1. The average Bonchev–Trinajstić information content (AvgIpc) is 2.46. The molecule has 3 N–H and O–H groups in total. The summed E-state index contributed by atoms with van der Waals surface area (Å²) in [5, 5.41) is 10.8. The summed E-state index contributed by atoms with van der Waals surface area (Å²) >= 11 is 0. The van der Waals surface area contributed by atoms with E-state index in [1.165, 1.54) is 23.8 Å². The number of hydrazine groups is 1. The molecule has 0 saturated carbocycles. The van der Waals surface area contributed by atoms with E-state index in [9.17, 15) is 23.7 Å². The van der Waals surface area contributed by atoms with Crippen molar-refractivity contribution >= 4 is 22.5 Å². The molecule has 2 rings (SSSR count). The quantitative estimate of drug-likeness (QED) is 0.377. The number of halogens is 2. The molecule has 0 fully saturated rings. The molecule has 1 heterocycles. The van der Waals surface area contributed by atoms with Gasteiger partial charge in [0.05, 0.1) is 4.92 Å². The number of alkyl halides is 2. The molecule has 0 radical (unpaired) electrons. The summed E-state index contributed by atoms with van der Waals surface area (Å²) in [7, 11) is 0. The lowest BCUT2D eigenvalue weighted by Crippen LogP contribution is -2.47. The standard InChI is InChI=1S/C11H8F2N4O4/c12-11(13,10(18)16-14)21-8-4-3-7(17(19)20)9-6(8)2-1-5-15-9/h1-5H,14H2,(H,16,18). The van der Waals surface area contributed by atoms with Crippen LogP contribution >= 0.6 is 0 Å². The number of nitrogens with zero attached hydrogens (tertiary/aromatic N) is 2. The summed E-state index contributed by atoms with van der Waals surface area (Å²) in [5.41, 5.74) is 0.759. The first kappa shape index (κ1) is 14.5. The van der Waals surface area contributed by atoms with Gasteiger partial charge in [-0.1, -0.05) is 0 Å². The second-order valence-corrected chi connectivity index (χ2v) is 3.83. The zero-order valence-electron chi connectivity index (χ0n) is 10.2. The van der Waals surface area contributed by atoms with Crippen LogP contribution in [0.15, 0.2) is 30.5 Å². The SMILES string of the molecule is NNC(=O)C(F)(F)Oc1ccc([N+](=O)[O-])c2ncccc12. The Morgan fingerprint density at radius 3 is 2.76 bits per heavy atom. The van der Waals surface area contributed by atoms with Crippen molar-refractivity contribution in [2.24, 2.45) is 5.84 Å². The average molecular weight is 298 g/mol. The summed E-state index contributed by atoms with van der Waals surface area (Å²) < 4.78 is 31.2. The second kappa shape index (κ2) is 5.25. The smallest absolute Gasteiger partial charge is 0.424 e. The number of aromatic nitrogens is 1. The summed E-state index contributed by atoms with van der Waals surface area (Å²) in [6.07, 6.45) is -2.96. The monoisotopic (exact) mass is 298 g/mol. The van der Waals surface area contributed by atoms with E-state index in [4.69, 9.17) is 0 Å². The Morgan fingerprint density at radius 1 is 1.43 bits per heavy atom. The van der Waals surface area contributed by atoms with Crippen LogP contribution in [0.2, 0.25) is 0 Å². The highest BCUT2D eigenvalue weighted by molar-refractivity contribution is 5.92. The van der Waals surface area contributed by atoms with Gasteiger partial charge in [0.15, 0.2) is 5.52 Å². The molecule has 0 unspecified atom stereocenters. The van der Waals surface area contributed by atoms with E-state index in [2.05, 4.69) is 15.6 Å². The third kappa shape index (κ3) is 2.69. The van der Waals surface area contributed by atoms with Crippen LogP contribution in [0.1, 0.15) is 0 Å². The molecule has 0 aliphatic rings. The molecular weight excluding hydrogens is 290 g/mol. The molecule has 21 heavy (non-hydrogen) atoms. The number of fused-ring (bicyclic) bond motifs is 1. The Kier molecular flexibility index (Phi) is 3.63. The van der Waals surface area contributed by atoms with Gasteiger partial charge in [0.2, 0.25) is 0 Å². The number of rotatable bonds is 4. The maximum Gasteiger partial charge on any atom is 0.483 e. The maximum absolute atomic E-state index is 13.4. The molecule has 8 nitrogen and oxygen atoms in total. The van der Waals surface area contributed by atoms with Crippen molar-refractivity contribution in [3.05, 3.63) is 40.6 Å². The summed E-state index contributed by atoms with van der Waals surface area (Å²) in [6.45, 7) is 0. The Bertz CT molecular complexity index is 722. The topological polar surface area (TPSA) is 120 Å². The number of carbonyl (C=O) groups is 1. The van der Waals surface area contributed by atoms with Gasteiger partial charge >= 0.3 is 12.0 Å². The number of nitro groups is 1. The van der Waals surface area contributed by atoms with Gasteiger partial charge < -0.3 is 4.74 Å². The molecule has 2 aromatic rings. The molecule has 0 saturated heterocycles. The number of carbonyl (C=O) groups excluding carboxylic acids is 1. The molecule has 0 aliphatic heterocycles. The van der Waals surface area contributed by atoms with E-state index in [0.29, 0.717) is 0 Å². The molecule has 0 atom stereocenters. The van der Waals surface area contributed by atoms with E-state index in [1.54, 1.807) is 0 Å². The Labute approximate surface area is 115 Å². The van der Waals surface area contributed by atoms with Crippen molar-refractivity contribution in [3.8, 4) is 5.75 Å². The fourth-order valence-corrected chi connectivity index (χ4v) is 1.64. The number of pyridine rings is 1. The normalized spacial score (nSPS) is 11.2. The van der Waals surface area contributed by atoms with Crippen molar-refractivity contribution in [2.75, 3.05) is 0 Å². The van der Waals surface area contributed by atoms with Crippen LogP contribution in [0.25, 0.3) is 10.9 Å². The van der Waals surface area contributed by atoms with Crippen LogP contribution in [0.3, 0.4) is 0 Å². The zero-order valence-corrected chi connectivity index (χ0v) is 10.2. The number of ether oxygens (including phenoxy) is 1. The van der Waals surface area contributed by atoms with Crippen LogP contribution in [0.4, 0.5) is 14.5 Å². The lowest BCUT2D eigenvalue weighted by Gasteiger charge is -2.16. The van der Waals surface area contributed by atoms with Gasteiger partial charge in [0.1, 0.15) is 5.75 Å². The highest BCUT2D eigenvalue weighted by Crippen LogP contribution is 2.33. The number of benzene rings is 1. The van der Waals surface area contributed by atoms with Crippen LogP contribution in [-0.4, -0.2) is 21.9 Å². The zero-order chi connectivity index (χ0) is 15.6. The van der Waals surface area contributed by atoms with E-state index >= 15 is 0 Å². The Hall–Kier alpha value is -2.88. The lowest BCUT2D eigenvalue weighted by molar-refractivity contribution is -0.383. The maximum atomic E-state index is 13.4. The van der Waals surface area contributed by atoms with Gasteiger partial charge in [-0.15, -0.1) is 0 Å². The molecule has 10 heteroatoms. The van der Waals surface area contributed by atoms with E-state index in [-0.39, 0.29) is 16.6 Å². The molecule has 1 amide bonds. The Morgan fingerprint density at radius 2 is 2.14 bits per heavy atom. The van der Waals surface area contributed by atoms with Crippen LogP contribution < -0.4 is 16.0 Å². The van der Waals surface area contributed by atoms with Crippen molar-refractivity contribution in [1.29, 1.82) is 0 Å². The minimum absolute atomic E-state index is 0.0313. The highest BCUT2D eigenvalue weighted by Gasteiger charge is 2.42. The number of hydrogen-bond donors (Lipinski definition) is 2. The fourth-order valence-electron chi connectivity index (χ4n) is 1.64. The molecule has 1 aromatic heterocycles.